The molecule has 0 amide bonds. The second-order valence-corrected chi connectivity index (χ2v) is 7.12. The van der Waals surface area contributed by atoms with Gasteiger partial charge in [0.1, 0.15) is 0 Å². The molecule has 6 nitrogen and oxygen atoms in total. The average molecular weight is 428 g/mol. The van der Waals surface area contributed by atoms with Crippen molar-refractivity contribution in [1.29, 1.82) is 5.26 Å². The minimum atomic E-state index is -1.42. The van der Waals surface area contributed by atoms with E-state index in [2.05, 4.69) is 12.6 Å². The van der Waals surface area contributed by atoms with Gasteiger partial charge in [-0.2, -0.15) is 5.26 Å². The molecule has 32 heavy (non-hydrogen) atoms. The Morgan fingerprint density at radius 1 is 1.19 bits per heavy atom. The summed E-state index contributed by atoms with van der Waals surface area (Å²) in [5, 5.41) is 10.7. The van der Waals surface area contributed by atoms with Crippen molar-refractivity contribution in [3.05, 3.63) is 102 Å². The molecule has 2 aromatic rings. The number of rotatable bonds is 7. The average Bonchev–Trinajstić information content (AvgIpc) is 2.83. The highest BCUT2D eigenvalue weighted by atomic mass is 16.5. The van der Waals surface area contributed by atoms with Gasteiger partial charge in [-0.1, -0.05) is 61.2 Å². The first kappa shape index (κ1) is 22.6. The van der Waals surface area contributed by atoms with Crippen molar-refractivity contribution in [3.8, 4) is 6.07 Å². The first-order valence-electron chi connectivity index (χ1n) is 10.1. The lowest BCUT2D eigenvalue weighted by atomic mass is 9.68. The van der Waals surface area contributed by atoms with Crippen LogP contribution in [0.5, 0.6) is 0 Å². The Hall–Kier alpha value is -4.11. The van der Waals surface area contributed by atoms with Crippen LogP contribution >= 0.6 is 0 Å². The Kier molecular flexibility index (Phi) is 6.91. The molecule has 0 fully saturated rings. The van der Waals surface area contributed by atoms with Gasteiger partial charge in [-0.05, 0) is 24.1 Å². The Morgan fingerprint density at radius 3 is 2.53 bits per heavy atom. The first-order valence-corrected chi connectivity index (χ1v) is 10.1. The summed E-state index contributed by atoms with van der Waals surface area (Å²) in [6.07, 6.45) is 6.32. The van der Waals surface area contributed by atoms with E-state index in [4.69, 9.17) is 9.47 Å². The van der Waals surface area contributed by atoms with E-state index in [9.17, 15) is 14.9 Å². The Balaban J connectivity index is 2.29. The van der Waals surface area contributed by atoms with Crippen LogP contribution in [0.2, 0.25) is 0 Å². The van der Waals surface area contributed by atoms with Crippen molar-refractivity contribution >= 4 is 18.0 Å². The molecule has 0 unspecified atom stereocenters. The molecule has 0 spiro atoms. The van der Waals surface area contributed by atoms with E-state index < -0.39 is 23.4 Å². The number of benzene rings is 2. The molecule has 0 bridgehead atoms. The molecule has 0 aromatic heterocycles. The number of hydrogen-bond donors (Lipinski definition) is 0. The Morgan fingerprint density at radius 2 is 1.88 bits per heavy atom. The second kappa shape index (κ2) is 9.80. The molecule has 0 aliphatic carbocycles. The normalized spacial score (nSPS) is 17.8. The highest BCUT2D eigenvalue weighted by Gasteiger charge is 2.50. The van der Waals surface area contributed by atoms with Crippen molar-refractivity contribution in [3.63, 3.8) is 0 Å². The SMILES string of the molecule is C=C(C(=O)OC)[C@H](c1ccccc1)[C@@]1(C#N)c2ccccc2C=CN1/C=C/C(=O)OCC. The van der Waals surface area contributed by atoms with Crippen LogP contribution in [-0.2, 0) is 24.6 Å². The van der Waals surface area contributed by atoms with E-state index in [-0.39, 0.29) is 12.2 Å². The molecule has 1 aliphatic rings. The van der Waals surface area contributed by atoms with E-state index >= 15 is 0 Å². The van der Waals surface area contributed by atoms with Gasteiger partial charge in [0.2, 0.25) is 0 Å². The van der Waals surface area contributed by atoms with Gasteiger partial charge in [0.15, 0.2) is 5.54 Å². The van der Waals surface area contributed by atoms with Crippen molar-refractivity contribution < 1.29 is 19.1 Å². The maximum absolute atomic E-state index is 12.6. The van der Waals surface area contributed by atoms with Gasteiger partial charge in [0, 0.05) is 29.6 Å². The minimum Gasteiger partial charge on any atom is -0.466 e. The van der Waals surface area contributed by atoms with Gasteiger partial charge < -0.3 is 14.4 Å². The largest absolute Gasteiger partial charge is 0.466 e. The van der Waals surface area contributed by atoms with E-state index in [1.807, 2.05) is 60.7 Å². The molecule has 2 aromatic carbocycles. The zero-order valence-electron chi connectivity index (χ0n) is 18.0. The van der Waals surface area contributed by atoms with Gasteiger partial charge in [-0.15, -0.1) is 0 Å². The molecular weight excluding hydrogens is 404 g/mol. The lowest BCUT2D eigenvalue weighted by molar-refractivity contribution is -0.138. The zero-order valence-corrected chi connectivity index (χ0v) is 18.0. The van der Waals surface area contributed by atoms with Gasteiger partial charge in [0.05, 0.1) is 25.7 Å². The van der Waals surface area contributed by atoms with Gasteiger partial charge in [-0.25, -0.2) is 9.59 Å². The number of carbonyl (C=O) groups is 2. The van der Waals surface area contributed by atoms with Crippen LogP contribution in [0.25, 0.3) is 6.08 Å². The number of ether oxygens (including phenoxy) is 2. The number of hydrogen-bond acceptors (Lipinski definition) is 6. The number of esters is 2. The van der Waals surface area contributed by atoms with Crippen LogP contribution in [0.1, 0.15) is 29.5 Å². The molecule has 6 heteroatoms. The summed E-state index contributed by atoms with van der Waals surface area (Å²) in [4.78, 5) is 26.3. The fourth-order valence-electron chi connectivity index (χ4n) is 3.98. The van der Waals surface area contributed by atoms with Crippen LogP contribution < -0.4 is 0 Å². The summed E-state index contributed by atoms with van der Waals surface area (Å²) < 4.78 is 9.97. The summed E-state index contributed by atoms with van der Waals surface area (Å²) in [6, 6.07) is 19.1. The predicted octanol–water partition coefficient (Wildman–Crippen LogP) is 4.28. The van der Waals surface area contributed by atoms with Crippen molar-refractivity contribution in [1.82, 2.24) is 4.90 Å². The monoisotopic (exact) mass is 428 g/mol. The van der Waals surface area contributed by atoms with Crippen molar-refractivity contribution in [2.45, 2.75) is 18.4 Å². The summed E-state index contributed by atoms with van der Waals surface area (Å²) in [5.41, 5.74) is 0.927. The summed E-state index contributed by atoms with van der Waals surface area (Å²) >= 11 is 0. The third kappa shape index (κ3) is 4.06. The molecule has 2 atom stereocenters. The third-order valence-corrected chi connectivity index (χ3v) is 5.37. The fraction of sp³-hybridized carbons (Fsp3) is 0.192. The van der Waals surface area contributed by atoms with Gasteiger partial charge >= 0.3 is 11.9 Å². The van der Waals surface area contributed by atoms with Crippen molar-refractivity contribution in [2.24, 2.45) is 0 Å². The smallest absolute Gasteiger partial charge is 0.333 e. The fourth-order valence-corrected chi connectivity index (χ4v) is 3.98. The van der Waals surface area contributed by atoms with Gasteiger partial charge in [-0.3, -0.25) is 0 Å². The Bertz CT molecular complexity index is 1110. The summed E-state index contributed by atoms with van der Waals surface area (Å²) in [7, 11) is 1.28. The number of carbonyl (C=O) groups excluding carboxylic acids is 2. The topological polar surface area (TPSA) is 79.6 Å². The van der Waals surface area contributed by atoms with Crippen LogP contribution in [0.15, 0.2) is 85.2 Å². The predicted molar refractivity (Wildman–Crippen MR) is 121 cm³/mol. The molecule has 0 saturated heterocycles. The molecule has 3 rings (SSSR count). The highest BCUT2D eigenvalue weighted by Crippen LogP contribution is 2.49. The molecule has 162 valence electrons. The zero-order chi connectivity index (χ0) is 23.1. The number of nitrogens with zero attached hydrogens (tertiary/aromatic N) is 2. The van der Waals surface area contributed by atoms with Crippen LogP contribution in [0.3, 0.4) is 0 Å². The van der Waals surface area contributed by atoms with Crippen LogP contribution in [-0.4, -0.2) is 30.6 Å². The first-order chi connectivity index (χ1) is 15.5. The van der Waals surface area contributed by atoms with E-state index in [0.29, 0.717) is 11.1 Å². The molecule has 0 N–H and O–H groups in total. The molecule has 0 saturated carbocycles. The molecule has 1 aliphatic heterocycles. The second-order valence-electron chi connectivity index (χ2n) is 7.12. The van der Waals surface area contributed by atoms with Crippen LogP contribution in [0.4, 0.5) is 0 Å². The van der Waals surface area contributed by atoms with E-state index in [0.717, 1.165) is 5.56 Å². The van der Waals surface area contributed by atoms with E-state index in [1.54, 1.807) is 18.0 Å². The molecular formula is C26H24N2O4. The maximum atomic E-state index is 12.6. The Labute approximate surface area is 187 Å². The molecule has 1 heterocycles. The minimum absolute atomic E-state index is 0.125. The number of methoxy groups -OCH3 is 1. The summed E-state index contributed by atoms with van der Waals surface area (Å²) in [5.74, 6) is -1.94. The molecule has 0 radical (unpaired) electrons. The lowest BCUT2D eigenvalue weighted by Gasteiger charge is -2.45. The van der Waals surface area contributed by atoms with Gasteiger partial charge in [0.25, 0.3) is 0 Å². The number of nitriles is 1. The summed E-state index contributed by atoms with van der Waals surface area (Å²) in [6.45, 7) is 5.96. The highest BCUT2D eigenvalue weighted by molar-refractivity contribution is 5.90. The lowest BCUT2D eigenvalue weighted by Crippen LogP contribution is -2.47. The van der Waals surface area contributed by atoms with Crippen LogP contribution in [0, 0.1) is 11.3 Å². The maximum Gasteiger partial charge on any atom is 0.333 e. The quantitative estimate of drug-likeness (QED) is 0.484. The van der Waals surface area contributed by atoms with E-state index in [1.165, 1.54) is 19.4 Å². The third-order valence-electron chi connectivity index (χ3n) is 5.37. The standard InChI is InChI=1S/C26H24N2O4/c1-4-32-23(29)15-17-28-16-14-20-10-8-9-13-22(20)26(28,18-27)24(19(2)25(30)31-3)21-11-6-5-7-12-21/h5-17,24H,2,4H2,1,3H3/b17-15+/t24-,26-/m1/s1. The number of fused-ring (bicyclic) bond motifs is 1. The van der Waals surface area contributed by atoms with Crippen molar-refractivity contribution in [2.75, 3.05) is 13.7 Å².